The van der Waals surface area contributed by atoms with Crippen LogP contribution in [0.25, 0.3) is 0 Å². The van der Waals surface area contributed by atoms with E-state index in [2.05, 4.69) is 15.3 Å². The molecule has 3 nitrogen and oxygen atoms in total. The molecule has 0 spiro atoms. The van der Waals surface area contributed by atoms with E-state index < -0.39 is 0 Å². The molecule has 1 aromatic carbocycles. The first-order valence-electron chi connectivity index (χ1n) is 7.16. The van der Waals surface area contributed by atoms with E-state index in [9.17, 15) is 4.39 Å². The molecule has 1 aliphatic carbocycles. The number of aromatic nitrogens is 2. The van der Waals surface area contributed by atoms with E-state index >= 15 is 0 Å². The molecule has 21 heavy (non-hydrogen) atoms. The molecule has 0 fully saturated rings. The lowest BCUT2D eigenvalue weighted by Gasteiger charge is -2.24. The van der Waals surface area contributed by atoms with E-state index in [-0.39, 0.29) is 5.82 Å². The molecule has 2 aromatic rings. The van der Waals surface area contributed by atoms with Gasteiger partial charge in [0.1, 0.15) is 11.6 Å². The number of thioether (sulfide) groups is 1. The number of hydrogen-bond acceptors (Lipinski definition) is 4. The molecule has 1 aromatic heterocycles. The second-order valence-electron chi connectivity index (χ2n) is 5.17. The van der Waals surface area contributed by atoms with Crippen LogP contribution in [0.15, 0.2) is 35.4 Å². The molecule has 1 heterocycles. The lowest BCUT2D eigenvalue weighted by molar-refractivity contribution is 0.486. The van der Waals surface area contributed by atoms with Crippen molar-refractivity contribution in [2.24, 2.45) is 0 Å². The molecule has 0 bridgehead atoms. The van der Waals surface area contributed by atoms with Crippen LogP contribution in [0.5, 0.6) is 0 Å². The monoisotopic (exact) mass is 303 g/mol. The molecule has 1 aliphatic rings. The van der Waals surface area contributed by atoms with E-state index in [1.54, 1.807) is 23.9 Å². The third kappa shape index (κ3) is 3.41. The zero-order chi connectivity index (χ0) is 14.7. The molecule has 1 unspecified atom stereocenters. The van der Waals surface area contributed by atoms with Gasteiger partial charge in [-0.05, 0) is 44.5 Å². The van der Waals surface area contributed by atoms with Gasteiger partial charge in [-0.2, -0.15) is 0 Å². The molecule has 0 radical (unpaired) electrons. The van der Waals surface area contributed by atoms with Crippen LogP contribution in [0, 0.1) is 5.82 Å². The van der Waals surface area contributed by atoms with Gasteiger partial charge in [0.25, 0.3) is 0 Å². The zero-order valence-corrected chi connectivity index (χ0v) is 12.8. The van der Waals surface area contributed by atoms with Gasteiger partial charge >= 0.3 is 0 Å². The lowest BCUT2D eigenvalue weighted by Crippen LogP contribution is -2.23. The summed E-state index contributed by atoms with van der Waals surface area (Å²) in [5.41, 5.74) is 2.38. The van der Waals surface area contributed by atoms with Gasteiger partial charge < -0.3 is 5.32 Å². The molecule has 5 heteroatoms. The molecule has 110 valence electrons. The number of halogens is 1. The van der Waals surface area contributed by atoms with E-state index in [0.717, 1.165) is 35.7 Å². The average molecular weight is 303 g/mol. The lowest BCUT2D eigenvalue weighted by atomic mass is 9.92. The van der Waals surface area contributed by atoms with Gasteiger partial charge in [0, 0.05) is 28.4 Å². The highest BCUT2D eigenvalue weighted by Crippen LogP contribution is 2.28. The Morgan fingerprint density at radius 3 is 3.14 bits per heavy atom. The van der Waals surface area contributed by atoms with Gasteiger partial charge in [-0.15, -0.1) is 11.8 Å². The molecular formula is C16H18FN3S. The number of rotatable bonds is 4. The van der Waals surface area contributed by atoms with E-state index in [1.165, 1.54) is 11.6 Å². The minimum Gasteiger partial charge on any atom is -0.313 e. The second kappa shape index (κ2) is 6.54. The van der Waals surface area contributed by atoms with Crippen LogP contribution in [-0.4, -0.2) is 17.0 Å². The van der Waals surface area contributed by atoms with Crippen molar-refractivity contribution in [2.75, 3.05) is 7.05 Å². The normalized spacial score (nSPS) is 17.5. The van der Waals surface area contributed by atoms with Crippen molar-refractivity contribution in [3.63, 3.8) is 0 Å². The summed E-state index contributed by atoms with van der Waals surface area (Å²) in [5.74, 6) is 1.28. The largest absolute Gasteiger partial charge is 0.313 e. The van der Waals surface area contributed by atoms with Crippen LogP contribution < -0.4 is 5.32 Å². The number of benzene rings is 1. The predicted octanol–water partition coefficient (Wildman–Crippen LogP) is 3.50. The fourth-order valence-corrected chi connectivity index (χ4v) is 3.47. The summed E-state index contributed by atoms with van der Waals surface area (Å²) in [6.45, 7) is 0. The van der Waals surface area contributed by atoms with Crippen molar-refractivity contribution in [3.8, 4) is 0 Å². The predicted molar refractivity (Wildman–Crippen MR) is 82.7 cm³/mol. The Balaban J connectivity index is 1.72. The third-order valence-corrected chi connectivity index (χ3v) is 4.73. The maximum Gasteiger partial charge on any atom is 0.138 e. The van der Waals surface area contributed by atoms with Crippen molar-refractivity contribution in [3.05, 3.63) is 53.4 Å². The van der Waals surface area contributed by atoms with Crippen molar-refractivity contribution in [1.29, 1.82) is 0 Å². The summed E-state index contributed by atoms with van der Waals surface area (Å²) in [6.07, 6.45) is 5.27. The number of nitrogens with one attached hydrogen (secondary N) is 1. The first kappa shape index (κ1) is 14.5. The smallest absolute Gasteiger partial charge is 0.138 e. The second-order valence-corrected chi connectivity index (χ2v) is 6.22. The summed E-state index contributed by atoms with van der Waals surface area (Å²) < 4.78 is 13.1. The molecular weight excluding hydrogens is 285 g/mol. The SMILES string of the molecule is CNC1CCCc2nc(CSc3cccc(F)c3)ncc21. The Morgan fingerprint density at radius 1 is 1.43 bits per heavy atom. The minimum absolute atomic E-state index is 0.205. The van der Waals surface area contributed by atoms with E-state index in [0.29, 0.717) is 11.8 Å². The van der Waals surface area contributed by atoms with Crippen molar-refractivity contribution < 1.29 is 4.39 Å². The maximum atomic E-state index is 13.1. The summed E-state index contributed by atoms with van der Waals surface area (Å²) in [4.78, 5) is 10.1. The first-order chi connectivity index (χ1) is 10.3. The van der Waals surface area contributed by atoms with Crippen LogP contribution in [-0.2, 0) is 12.2 Å². The van der Waals surface area contributed by atoms with Crippen molar-refractivity contribution >= 4 is 11.8 Å². The topological polar surface area (TPSA) is 37.8 Å². The van der Waals surface area contributed by atoms with E-state index in [1.807, 2.05) is 19.3 Å². The van der Waals surface area contributed by atoms with Gasteiger partial charge in [-0.3, -0.25) is 0 Å². The Kier molecular flexibility index (Phi) is 4.51. The summed E-state index contributed by atoms with van der Waals surface area (Å²) in [5, 5.41) is 3.32. The highest BCUT2D eigenvalue weighted by atomic mass is 32.2. The van der Waals surface area contributed by atoms with Crippen molar-refractivity contribution in [1.82, 2.24) is 15.3 Å². The number of nitrogens with zero attached hydrogens (tertiary/aromatic N) is 2. The number of aryl methyl sites for hydroxylation is 1. The molecule has 1 atom stereocenters. The van der Waals surface area contributed by atoms with Crippen LogP contribution >= 0.6 is 11.8 Å². The van der Waals surface area contributed by atoms with Crippen LogP contribution in [0.2, 0.25) is 0 Å². The fraction of sp³-hybridized carbons (Fsp3) is 0.375. The number of hydrogen-bond donors (Lipinski definition) is 1. The molecule has 0 saturated carbocycles. The molecule has 0 aliphatic heterocycles. The van der Waals surface area contributed by atoms with E-state index in [4.69, 9.17) is 0 Å². The standard InChI is InChI=1S/C16H18FN3S/c1-18-14-6-3-7-15-13(14)9-19-16(20-15)10-21-12-5-2-4-11(17)8-12/h2,4-5,8-9,14,18H,3,6-7,10H2,1H3. The van der Waals surface area contributed by atoms with Crippen LogP contribution in [0.4, 0.5) is 4.39 Å². The number of fused-ring (bicyclic) bond motifs is 1. The average Bonchev–Trinajstić information content (AvgIpc) is 2.52. The van der Waals surface area contributed by atoms with Gasteiger partial charge in [0.05, 0.1) is 5.75 Å². The Hall–Kier alpha value is -1.46. The highest BCUT2D eigenvalue weighted by Gasteiger charge is 2.20. The first-order valence-corrected chi connectivity index (χ1v) is 8.15. The Labute approximate surface area is 128 Å². The quantitative estimate of drug-likeness (QED) is 0.877. The summed E-state index contributed by atoms with van der Waals surface area (Å²) in [7, 11) is 1.98. The highest BCUT2D eigenvalue weighted by molar-refractivity contribution is 7.98. The van der Waals surface area contributed by atoms with Gasteiger partial charge in [-0.25, -0.2) is 14.4 Å². The van der Waals surface area contributed by atoms with Crippen LogP contribution in [0.1, 0.15) is 36.0 Å². The molecule has 1 N–H and O–H groups in total. The Morgan fingerprint density at radius 2 is 2.33 bits per heavy atom. The summed E-state index contributed by atoms with van der Waals surface area (Å²) in [6, 6.07) is 7.00. The van der Waals surface area contributed by atoms with Gasteiger partial charge in [0.15, 0.2) is 0 Å². The maximum absolute atomic E-state index is 13.1. The van der Waals surface area contributed by atoms with Crippen molar-refractivity contribution in [2.45, 2.75) is 36.0 Å². The zero-order valence-electron chi connectivity index (χ0n) is 12.0. The Bertz CT molecular complexity index is 633. The van der Waals surface area contributed by atoms with Gasteiger partial charge in [-0.1, -0.05) is 6.07 Å². The molecule has 3 rings (SSSR count). The van der Waals surface area contributed by atoms with Crippen LogP contribution in [0.3, 0.4) is 0 Å². The van der Waals surface area contributed by atoms with Gasteiger partial charge in [0.2, 0.25) is 0 Å². The third-order valence-electron chi connectivity index (χ3n) is 3.74. The molecule has 0 amide bonds. The molecule has 0 saturated heterocycles. The summed E-state index contributed by atoms with van der Waals surface area (Å²) >= 11 is 1.56. The fourth-order valence-electron chi connectivity index (χ4n) is 2.66. The minimum atomic E-state index is -0.205.